The maximum Gasteiger partial charge on any atom is 0.274 e. The van der Waals surface area contributed by atoms with Gasteiger partial charge in [0.15, 0.2) is 0 Å². The minimum Gasteiger partial charge on any atom is -0.496 e. The predicted molar refractivity (Wildman–Crippen MR) is 82.9 cm³/mol. The fraction of sp³-hybridized carbons (Fsp3) is 0.250. The molecule has 5 heteroatoms. The van der Waals surface area contributed by atoms with E-state index in [4.69, 9.17) is 4.74 Å². The first-order valence-electron chi connectivity index (χ1n) is 6.64. The molecule has 2 rings (SSSR count). The van der Waals surface area contributed by atoms with Crippen LogP contribution in [-0.2, 0) is 6.54 Å². The summed E-state index contributed by atoms with van der Waals surface area (Å²) in [4.78, 5) is 10.6. The molecule has 1 N–H and O–H groups in total. The molecule has 0 aliphatic carbocycles. The van der Waals surface area contributed by atoms with E-state index >= 15 is 0 Å². The second kappa shape index (κ2) is 6.26. The predicted octanol–water partition coefficient (Wildman–Crippen LogP) is 3.83. The standard InChI is InChI=1S/C16H18N2O3/c1-11-7-8-16(21-3)13(9-11)10-17-14-5-4-6-15(12(14)2)18(19)20/h4-9,17H,10H2,1-3H3. The third-order valence-electron chi connectivity index (χ3n) is 3.41. The fourth-order valence-electron chi connectivity index (χ4n) is 2.25. The molecule has 110 valence electrons. The number of hydrogen-bond acceptors (Lipinski definition) is 4. The average molecular weight is 286 g/mol. The van der Waals surface area contributed by atoms with Crippen molar-refractivity contribution < 1.29 is 9.66 Å². The van der Waals surface area contributed by atoms with Crippen LogP contribution in [0.15, 0.2) is 36.4 Å². The molecule has 0 aromatic heterocycles. The number of methoxy groups -OCH3 is 1. The quantitative estimate of drug-likeness (QED) is 0.670. The van der Waals surface area contributed by atoms with Gasteiger partial charge in [-0.1, -0.05) is 23.8 Å². The summed E-state index contributed by atoms with van der Waals surface area (Å²) >= 11 is 0. The number of rotatable bonds is 5. The summed E-state index contributed by atoms with van der Waals surface area (Å²) in [6.07, 6.45) is 0. The van der Waals surface area contributed by atoms with Gasteiger partial charge in [0.05, 0.1) is 12.0 Å². The van der Waals surface area contributed by atoms with Crippen molar-refractivity contribution in [1.82, 2.24) is 0 Å². The lowest BCUT2D eigenvalue weighted by atomic mass is 10.1. The lowest BCUT2D eigenvalue weighted by molar-refractivity contribution is -0.385. The van der Waals surface area contributed by atoms with Crippen molar-refractivity contribution in [3.05, 3.63) is 63.2 Å². The van der Waals surface area contributed by atoms with Crippen LogP contribution in [0.5, 0.6) is 5.75 Å². The Balaban J connectivity index is 2.23. The van der Waals surface area contributed by atoms with Crippen LogP contribution in [0.4, 0.5) is 11.4 Å². The van der Waals surface area contributed by atoms with Crippen molar-refractivity contribution in [1.29, 1.82) is 0 Å². The number of ether oxygens (including phenoxy) is 1. The van der Waals surface area contributed by atoms with Crippen LogP contribution in [0.25, 0.3) is 0 Å². The Morgan fingerprint density at radius 2 is 2.00 bits per heavy atom. The van der Waals surface area contributed by atoms with Crippen molar-refractivity contribution in [3.63, 3.8) is 0 Å². The number of nitrogens with zero attached hydrogens (tertiary/aromatic N) is 1. The van der Waals surface area contributed by atoms with Crippen molar-refractivity contribution in [3.8, 4) is 5.75 Å². The SMILES string of the molecule is COc1ccc(C)cc1CNc1cccc([N+](=O)[O-])c1C. The summed E-state index contributed by atoms with van der Waals surface area (Å²) in [5.41, 5.74) is 3.67. The third kappa shape index (κ3) is 3.31. The highest BCUT2D eigenvalue weighted by molar-refractivity contribution is 5.60. The minimum atomic E-state index is -0.367. The lowest BCUT2D eigenvalue weighted by Gasteiger charge is -2.13. The first-order chi connectivity index (χ1) is 10.0. The van der Waals surface area contributed by atoms with Crippen LogP contribution in [-0.4, -0.2) is 12.0 Å². The van der Waals surface area contributed by atoms with Gasteiger partial charge in [-0.2, -0.15) is 0 Å². The molecule has 0 spiro atoms. The van der Waals surface area contributed by atoms with E-state index in [9.17, 15) is 10.1 Å². The van der Waals surface area contributed by atoms with Gasteiger partial charge in [0, 0.05) is 29.4 Å². The molecule has 0 saturated heterocycles. The van der Waals surface area contributed by atoms with Crippen LogP contribution in [0.1, 0.15) is 16.7 Å². The molecule has 21 heavy (non-hydrogen) atoms. The number of hydrogen-bond donors (Lipinski definition) is 1. The van der Waals surface area contributed by atoms with E-state index in [1.807, 2.05) is 31.2 Å². The Morgan fingerprint density at radius 1 is 1.24 bits per heavy atom. The smallest absolute Gasteiger partial charge is 0.274 e. The van der Waals surface area contributed by atoms with Gasteiger partial charge >= 0.3 is 0 Å². The molecule has 0 atom stereocenters. The Morgan fingerprint density at radius 3 is 2.67 bits per heavy atom. The van der Waals surface area contributed by atoms with Crippen molar-refractivity contribution in [2.45, 2.75) is 20.4 Å². The van der Waals surface area contributed by atoms with Crippen molar-refractivity contribution >= 4 is 11.4 Å². The molecular weight excluding hydrogens is 268 g/mol. The van der Waals surface area contributed by atoms with Gasteiger partial charge in [0.1, 0.15) is 5.75 Å². The number of nitrogens with one attached hydrogen (secondary N) is 1. The number of nitro groups is 1. The van der Waals surface area contributed by atoms with Crippen molar-refractivity contribution in [2.24, 2.45) is 0 Å². The van der Waals surface area contributed by atoms with Crippen LogP contribution >= 0.6 is 0 Å². The molecule has 0 bridgehead atoms. The first kappa shape index (κ1) is 14.8. The Bertz CT molecular complexity index is 669. The van der Waals surface area contributed by atoms with Gasteiger partial charge in [0.25, 0.3) is 5.69 Å². The van der Waals surface area contributed by atoms with E-state index in [1.165, 1.54) is 6.07 Å². The second-order valence-corrected chi connectivity index (χ2v) is 4.88. The van der Waals surface area contributed by atoms with Gasteiger partial charge < -0.3 is 10.1 Å². The molecule has 0 aliphatic rings. The normalized spacial score (nSPS) is 10.2. The van der Waals surface area contributed by atoms with Crippen LogP contribution < -0.4 is 10.1 Å². The fourth-order valence-corrected chi connectivity index (χ4v) is 2.25. The summed E-state index contributed by atoms with van der Waals surface area (Å²) in [6, 6.07) is 11.0. The highest BCUT2D eigenvalue weighted by Crippen LogP contribution is 2.27. The number of anilines is 1. The second-order valence-electron chi connectivity index (χ2n) is 4.88. The summed E-state index contributed by atoms with van der Waals surface area (Å²) in [5, 5.41) is 14.2. The third-order valence-corrected chi connectivity index (χ3v) is 3.41. The minimum absolute atomic E-state index is 0.121. The summed E-state index contributed by atoms with van der Waals surface area (Å²) in [5.74, 6) is 0.802. The van der Waals surface area contributed by atoms with Gasteiger partial charge in [-0.15, -0.1) is 0 Å². The van der Waals surface area contributed by atoms with Crippen molar-refractivity contribution in [2.75, 3.05) is 12.4 Å². The number of benzene rings is 2. The van der Waals surface area contributed by atoms with E-state index < -0.39 is 0 Å². The molecule has 0 saturated carbocycles. The molecule has 0 heterocycles. The zero-order valence-electron chi connectivity index (χ0n) is 12.3. The van der Waals surface area contributed by atoms with Crippen LogP contribution in [0, 0.1) is 24.0 Å². The summed E-state index contributed by atoms with van der Waals surface area (Å²) < 4.78 is 5.33. The molecule has 2 aromatic carbocycles. The number of aryl methyl sites for hydroxylation is 1. The average Bonchev–Trinajstić information content (AvgIpc) is 2.46. The lowest BCUT2D eigenvalue weighted by Crippen LogP contribution is -2.04. The van der Waals surface area contributed by atoms with Gasteiger partial charge in [-0.3, -0.25) is 10.1 Å². The van der Waals surface area contributed by atoms with E-state index in [0.29, 0.717) is 12.1 Å². The van der Waals surface area contributed by atoms with Gasteiger partial charge in [-0.25, -0.2) is 0 Å². The molecule has 0 unspecified atom stereocenters. The molecular formula is C16H18N2O3. The van der Waals surface area contributed by atoms with Crippen LogP contribution in [0.2, 0.25) is 0 Å². The van der Waals surface area contributed by atoms with Crippen LogP contribution in [0.3, 0.4) is 0 Å². The largest absolute Gasteiger partial charge is 0.496 e. The van der Waals surface area contributed by atoms with Gasteiger partial charge in [0.2, 0.25) is 0 Å². The topological polar surface area (TPSA) is 64.4 Å². The Labute approximate surface area is 123 Å². The number of nitro benzene ring substituents is 1. The molecule has 5 nitrogen and oxygen atoms in total. The van der Waals surface area contributed by atoms with E-state index in [2.05, 4.69) is 5.32 Å². The van der Waals surface area contributed by atoms with E-state index in [0.717, 1.165) is 22.6 Å². The maximum atomic E-state index is 11.0. The highest BCUT2D eigenvalue weighted by Gasteiger charge is 2.13. The Hall–Kier alpha value is -2.56. The Kier molecular flexibility index (Phi) is 4.42. The molecule has 0 aliphatic heterocycles. The maximum absolute atomic E-state index is 11.0. The monoisotopic (exact) mass is 286 g/mol. The van der Waals surface area contributed by atoms with E-state index in [-0.39, 0.29) is 10.6 Å². The summed E-state index contributed by atoms with van der Waals surface area (Å²) in [7, 11) is 1.63. The molecule has 0 radical (unpaired) electrons. The van der Waals surface area contributed by atoms with E-state index in [1.54, 1.807) is 20.1 Å². The zero-order valence-corrected chi connectivity index (χ0v) is 12.3. The van der Waals surface area contributed by atoms with Gasteiger partial charge in [-0.05, 0) is 26.0 Å². The molecule has 2 aromatic rings. The molecule has 0 amide bonds. The zero-order chi connectivity index (χ0) is 15.4. The highest BCUT2D eigenvalue weighted by atomic mass is 16.6. The molecule has 0 fully saturated rings. The first-order valence-corrected chi connectivity index (χ1v) is 6.64. The summed E-state index contributed by atoms with van der Waals surface area (Å²) in [6.45, 7) is 4.31.